The summed E-state index contributed by atoms with van der Waals surface area (Å²) in [6.07, 6.45) is 0.484. The van der Waals surface area contributed by atoms with Gasteiger partial charge in [-0.05, 0) is 28.0 Å². The quantitative estimate of drug-likeness (QED) is 0.940. The number of hydrogen-bond donors (Lipinski definition) is 1. The lowest BCUT2D eigenvalue weighted by molar-refractivity contribution is -0.129. The minimum Gasteiger partial charge on any atom is -0.340 e. The summed E-state index contributed by atoms with van der Waals surface area (Å²) in [5, 5.41) is 4.04. The van der Waals surface area contributed by atoms with Crippen molar-refractivity contribution in [2.75, 3.05) is 13.1 Å². The molecule has 2 heterocycles. The molecular formula is C16H18N2OS. The van der Waals surface area contributed by atoms with Crippen LogP contribution in [0.15, 0.2) is 47.2 Å². The zero-order valence-corrected chi connectivity index (χ0v) is 12.1. The zero-order valence-electron chi connectivity index (χ0n) is 11.2. The van der Waals surface area contributed by atoms with Gasteiger partial charge in [0.05, 0.1) is 6.42 Å². The van der Waals surface area contributed by atoms with Crippen molar-refractivity contribution in [1.29, 1.82) is 0 Å². The van der Waals surface area contributed by atoms with Crippen molar-refractivity contribution in [2.24, 2.45) is 5.73 Å². The van der Waals surface area contributed by atoms with Crippen molar-refractivity contribution < 1.29 is 4.79 Å². The topological polar surface area (TPSA) is 46.3 Å². The van der Waals surface area contributed by atoms with Crippen LogP contribution in [0.3, 0.4) is 0 Å². The van der Waals surface area contributed by atoms with Crippen molar-refractivity contribution in [3.8, 4) is 0 Å². The molecule has 0 spiro atoms. The molecule has 1 aliphatic rings. The zero-order chi connectivity index (χ0) is 13.9. The Balaban J connectivity index is 1.67. The predicted molar refractivity (Wildman–Crippen MR) is 81.8 cm³/mol. The third-order valence-corrected chi connectivity index (χ3v) is 4.61. The standard InChI is InChI=1S/C16H18N2OS/c17-15-10-18(16(19)8-12-6-7-20-11-12)9-14(15)13-4-2-1-3-5-13/h1-7,11,14-15H,8-10,17H2/t14-,15+/m0/s1. The molecule has 1 aromatic heterocycles. The largest absolute Gasteiger partial charge is 0.340 e. The number of rotatable bonds is 3. The number of amides is 1. The van der Waals surface area contributed by atoms with E-state index >= 15 is 0 Å². The maximum absolute atomic E-state index is 12.3. The van der Waals surface area contributed by atoms with E-state index in [1.165, 1.54) is 5.56 Å². The fourth-order valence-electron chi connectivity index (χ4n) is 2.77. The second-order valence-electron chi connectivity index (χ2n) is 5.29. The van der Waals surface area contributed by atoms with Gasteiger partial charge in [-0.3, -0.25) is 4.79 Å². The van der Waals surface area contributed by atoms with Crippen LogP contribution in [0.5, 0.6) is 0 Å². The number of carbonyl (C=O) groups excluding carboxylic acids is 1. The lowest BCUT2D eigenvalue weighted by Gasteiger charge is -2.16. The first kappa shape index (κ1) is 13.3. The van der Waals surface area contributed by atoms with Crippen LogP contribution in [0.4, 0.5) is 0 Å². The highest BCUT2D eigenvalue weighted by Crippen LogP contribution is 2.26. The van der Waals surface area contributed by atoms with Crippen LogP contribution in [0.25, 0.3) is 0 Å². The fraction of sp³-hybridized carbons (Fsp3) is 0.312. The molecule has 104 valence electrons. The van der Waals surface area contributed by atoms with Gasteiger partial charge < -0.3 is 10.6 Å². The van der Waals surface area contributed by atoms with Gasteiger partial charge in [0.2, 0.25) is 5.91 Å². The number of hydrogen-bond acceptors (Lipinski definition) is 3. The Kier molecular flexibility index (Phi) is 3.85. The first-order chi connectivity index (χ1) is 9.74. The molecule has 3 nitrogen and oxygen atoms in total. The molecule has 2 aromatic rings. The fourth-order valence-corrected chi connectivity index (χ4v) is 3.43. The lowest BCUT2D eigenvalue weighted by atomic mass is 9.95. The Hall–Kier alpha value is -1.65. The number of nitrogens with zero attached hydrogens (tertiary/aromatic N) is 1. The second-order valence-corrected chi connectivity index (χ2v) is 6.07. The van der Waals surface area contributed by atoms with Crippen LogP contribution in [-0.2, 0) is 11.2 Å². The van der Waals surface area contributed by atoms with Crippen LogP contribution in [-0.4, -0.2) is 29.9 Å². The van der Waals surface area contributed by atoms with Crippen LogP contribution < -0.4 is 5.73 Å². The second kappa shape index (κ2) is 5.77. The van der Waals surface area contributed by atoms with E-state index < -0.39 is 0 Å². The SMILES string of the molecule is N[C@@H]1CN(C(=O)Cc2ccsc2)C[C@H]1c1ccccc1. The average molecular weight is 286 g/mol. The van der Waals surface area contributed by atoms with E-state index in [0.717, 1.165) is 12.1 Å². The third-order valence-electron chi connectivity index (χ3n) is 3.88. The van der Waals surface area contributed by atoms with Crippen LogP contribution in [0.1, 0.15) is 17.0 Å². The first-order valence-electron chi connectivity index (χ1n) is 6.83. The Bertz CT molecular complexity index is 567. The van der Waals surface area contributed by atoms with Gasteiger partial charge in [-0.1, -0.05) is 30.3 Å². The smallest absolute Gasteiger partial charge is 0.227 e. The summed E-state index contributed by atoms with van der Waals surface area (Å²) in [7, 11) is 0. The molecule has 4 heteroatoms. The van der Waals surface area contributed by atoms with Gasteiger partial charge in [-0.2, -0.15) is 11.3 Å². The van der Waals surface area contributed by atoms with Crippen molar-refractivity contribution >= 4 is 17.2 Å². The first-order valence-corrected chi connectivity index (χ1v) is 7.77. The third kappa shape index (κ3) is 2.76. The molecule has 2 atom stereocenters. The summed E-state index contributed by atoms with van der Waals surface area (Å²) in [5.41, 5.74) is 8.54. The summed E-state index contributed by atoms with van der Waals surface area (Å²) < 4.78 is 0. The van der Waals surface area contributed by atoms with E-state index in [1.54, 1.807) is 11.3 Å². The summed E-state index contributed by atoms with van der Waals surface area (Å²) in [4.78, 5) is 14.2. The normalized spacial score (nSPS) is 22.1. The number of likely N-dealkylation sites (tertiary alicyclic amines) is 1. The maximum atomic E-state index is 12.3. The molecule has 1 amide bonds. The molecule has 0 saturated carbocycles. The molecule has 1 saturated heterocycles. The highest BCUT2D eigenvalue weighted by atomic mass is 32.1. The summed E-state index contributed by atoms with van der Waals surface area (Å²) in [5.74, 6) is 0.430. The van der Waals surface area contributed by atoms with Crippen molar-refractivity contribution in [1.82, 2.24) is 4.90 Å². The van der Waals surface area contributed by atoms with Crippen molar-refractivity contribution in [3.05, 3.63) is 58.3 Å². The molecular weight excluding hydrogens is 268 g/mol. The Morgan fingerprint density at radius 1 is 1.25 bits per heavy atom. The highest BCUT2D eigenvalue weighted by molar-refractivity contribution is 7.07. The monoisotopic (exact) mass is 286 g/mol. The summed E-state index contributed by atoms with van der Waals surface area (Å²) in [6, 6.07) is 12.3. The number of thiophene rings is 1. The van der Waals surface area contributed by atoms with Crippen LogP contribution in [0, 0.1) is 0 Å². The molecule has 1 aliphatic heterocycles. The van der Waals surface area contributed by atoms with Gasteiger partial charge >= 0.3 is 0 Å². The summed E-state index contributed by atoms with van der Waals surface area (Å²) >= 11 is 1.63. The van der Waals surface area contributed by atoms with Gasteiger partial charge in [0, 0.05) is 25.0 Å². The molecule has 0 aliphatic carbocycles. The highest BCUT2D eigenvalue weighted by Gasteiger charge is 2.33. The van der Waals surface area contributed by atoms with E-state index in [1.807, 2.05) is 39.9 Å². The van der Waals surface area contributed by atoms with Gasteiger partial charge in [0.1, 0.15) is 0 Å². The molecule has 1 fully saturated rings. The van der Waals surface area contributed by atoms with E-state index in [4.69, 9.17) is 5.73 Å². The minimum absolute atomic E-state index is 0.0313. The maximum Gasteiger partial charge on any atom is 0.227 e. The predicted octanol–water partition coefficient (Wildman–Crippen LogP) is 2.24. The van der Waals surface area contributed by atoms with Gasteiger partial charge in [-0.15, -0.1) is 0 Å². The average Bonchev–Trinajstić information content (AvgIpc) is 3.09. The Morgan fingerprint density at radius 2 is 2.05 bits per heavy atom. The van der Waals surface area contributed by atoms with Crippen molar-refractivity contribution in [2.45, 2.75) is 18.4 Å². The molecule has 3 rings (SSSR count). The van der Waals surface area contributed by atoms with Crippen LogP contribution >= 0.6 is 11.3 Å². The molecule has 20 heavy (non-hydrogen) atoms. The van der Waals surface area contributed by atoms with Gasteiger partial charge in [-0.25, -0.2) is 0 Å². The van der Waals surface area contributed by atoms with Gasteiger partial charge in [0.15, 0.2) is 0 Å². The van der Waals surface area contributed by atoms with E-state index in [2.05, 4.69) is 12.1 Å². The van der Waals surface area contributed by atoms with E-state index in [0.29, 0.717) is 13.0 Å². The lowest BCUT2D eigenvalue weighted by Crippen LogP contribution is -2.33. The van der Waals surface area contributed by atoms with Crippen LogP contribution in [0.2, 0.25) is 0 Å². The molecule has 0 radical (unpaired) electrons. The van der Waals surface area contributed by atoms with Crippen molar-refractivity contribution in [3.63, 3.8) is 0 Å². The molecule has 0 bridgehead atoms. The number of nitrogens with two attached hydrogens (primary N) is 1. The number of carbonyl (C=O) groups is 1. The van der Waals surface area contributed by atoms with Gasteiger partial charge in [0.25, 0.3) is 0 Å². The Labute approximate surface area is 123 Å². The van der Waals surface area contributed by atoms with E-state index in [-0.39, 0.29) is 17.9 Å². The number of benzene rings is 1. The minimum atomic E-state index is 0.0313. The molecule has 0 unspecified atom stereocenters. The molecule has 1 aromatic carbocycles. The Morgan fingerprint density at radius 3 is 2.75 bits per heavy atom. The van der Waals surface area contributed by atoms with E-state index in [9.17, 15) is 4.79 Å². The summed E-state index contributed by atoms with van der Waals surface area (Å²) in [6.45, 7) is 1.39. The molecule has 2 N–H and O–H groups in total.